The lowest BCUT2D eigenvalue weighted by molar-refractivity contribution is 1.03. The second-order valence-corrected chi connectivity index (χ2v) is 22.2. The monoisotopic (exact) mass is 1130 g/mol. The molecule has 0 spiro atoms. The summed E-state index contributed by atoms with van der Waals surface area (Å²) in [6, 6.07) is 117. The molecule has 17 aromatic rings. The fourth-order valence-corrected chi connectivity index (χ4v) is 13.3. The Morgan fingerprint density at radius 2 is 0.534 bits per heavy atom. The second kappa shape index (κ2) is 21.0. The highest BCUT2D eigenvalue weighted by atomic mass is 15.3. The van der Waals surface area contributed by atoms with Gasteiger partial charge in [0.25, 0.3) is 0 Å². The van der Waals surface area contributed by atoms with Crippen LogP contribution in [0.2, 0.25) is 0 Å². The van der Waals surface area contributed by atoms with E-state index in [0.29, 0.717) is 5.95 Å². The highest BCUT2D eigenvalue weighted by Gasteiger charge is 2.26. The lowest BCUT2D eigenvalue weighted by Gasteiger charge is -2.26. The summed E-state index contributed by atoms with van der Waals surface area (Å²) in [5.74, 6) is 1.28. The van der Waals surface area contributed by atoms with E-state index >= 15 is 0 Å². The van der Waals surface area contributed by atoms with Crippen LogP contribution in [0.25, 0.3) is 93.5 Å². The smallest absolute Gasteiger partial charge is 0.237 e. The van der Waals surface area contributed by atoms with Gasteiger partial charge in [0.2, 0.25) is 5.95 Å². The zero-order chi connectivity index (χ0) is 58.1. The van der Waals surface area contributed by atoms with Crippen LogP contribution in [0.15, 0.2) is 328 Å². The standard InChI is InChI=1S/C80H54N8/c1-7-25-55(26-8-1)83(56-27-9-2-10-28-56)62-43-47-69-66-38-20-23-41-74(66)87(77(69)52-62)61-46-50-72-71(51-61)79(88-75-42-24-21-39-67(75)70-48-44-63(53-78(70)88)84(57-29-11-3-12-30-57)58-31-13-4-14-32-58)82-80(81-72)85(59-33-15-5-16-34-59)64-45-49-68-65-37-19-22-40-73(65)86(76(68)54-64)60-35-17-6-18-36-60/h1-54H. The minimum atomic E-state index is 0.531. The Kier molecular flexibility index (Phi) is 12.0. The van der Waals surface area contributed by atoms with Crippen LogP contribution in [0.5, 0.6) is 0 Å². The molecule has 13 aromatic carbocycles. The van der Waals surface area contributed by atoms with Crippen molar-refractivity contribution in [2.24, 2.45) is 0 Å². The van der Waals surface area contributed by atoms with E-state index in [2.05, 4.69) is 356 Å². The number of rotatable bonds is 12. The van der Waals surface area contributed by atoms with Gasteiger partial charge in [0, 0.05) is 88.9 Å². The average molecular weight is 1130 g/mol. The van der Waals surface area contributed by atoms with E-state index in [4.69, 9.17) is 9.97 Å². The molecule has 4 heterocycles. The Hall–Kier alpha value is -12.0. The van der Waals surface area contributed by atoms with Crippen LogP contribution in [0.4, 0.5) is 51.4 Å². The van der Waals surface area contributed by atoms with Gasteiger partial charge in [-0.1, -0.05) is 182 Å². The number of fused-ring (bicyclic) bond motifs is 10. The van der Waals surface area contributed by atoms with Gasteiger partial charge in [-0.25, -0.2) is 4.98 Å². The van der Waals surface area contributed by atoms with Crippen molar-refractivity contribution < 1.29 is 0 Å². The quantitative estimate of drug-likeness (QED) is 0.122. The molecular weight excluding hydrogens is 1070 g/mol. The van der Waals surface area contributed by atoms with Crippen LogP contribution in [-0.4, -0.2) is 23.7 Å². The third-order valence-electron chi connectivity index (χ3n) is 17.2. The largest absolute Gasteiger partial charge is 0.310 e. The molecule has 88 heavy (non-hydrogen) atoms. The minimum absolute atomic E-state index is 0.531. The van der Waals surface area contributed by atoms with E-state index in [1.54, 1.807) is 0 Å². The molecule has 0 aliphatic carbocycles. The Morgan fingerprint density at radius 3 is 0.966 bits per heavy atom. The third-order valence-corrected chi connectivity index (χ3v) is 17.2. The summed E-state index contributed by atoms with van der Waals surface area (Å²) in [5.41, 5.74) is 17.5. The van der Waals surface area contributed by atoms with Crippen LogP contribution in [0, 0.1) is 0 Å². The molecule has 0 saturated heterocycles. The van der Waals surface area contributed by atoms with Gasteiger partial charge in [-0.05, 0) is 146 Å². The van der Waals surface area contributed by atoms with Crippen molar-refractivity contribution in [3.63, 3.8) is 0 Å². The van der Waals surface area contributed by atoms with E-state index in [1.807, 2.05) is 0 Å². The Bertz CT molecular complexity index is 5370. The van der Waals surface area contributed by atoms with Crippen LogP contribution < -0.4 is 14.7 Å². The van der Waals surface area contributed by atoms with Crippen LogP contribution in [0.3, 0.4) is 0 Å². The third kappa shape index (κ3) is 8.37. The number of benzene rings is 13. The van der Waals surface area contributed by atoms with Gasteiger partial charge in [0.15, 0.2) is 5.82 Å². The number of hydrogen-bond acceptors (Lipinski definition) is 5. The van der Waals surface area contributed by atoms with Gasteiger partial charge in [0.1, 0.15) is 0 Å². The van der Waals surface area contributed by atoms with E-state index in [1.165, 1.54) is 10.8 Å². The maximum atomic E-state index is 5.98. The van der Waals surface area contributed by atoms with Gasteiger partial charge in [-0.3, -0.25) is 9.47 Å². The summed E-state index contributed by atoms with van der Waals surface area (Å²) in [6.07, 6.45) is 0. The normalized spacial score (nSPS) is 11.6. The fraction of sp³-hybridized carbons (Fsp3) is 0. The molecule has 8 nitrogen and oxygen atoms in total. The molecule has 0 amide bonds. The first-order valence-corrected chi connectivity index (χ1v) is 29.8. The first kappa shape index (κ1) is 50.5. The molecule has 4 aromatic heterocycles. The molecule has 17 rings (SSSR count). The number of para-hydroxylation sites is 9. The van der Waals surface area contributed by atoms with Crippen molar-refractivity contribution in [3.8, 4) is 17.2 Å². The zero-order valence-corrected chi connectivity index (χ0v) is 47.8. The maximum Gasteiger partial charge on any atom is 0.237 e. The lowest BCUT2D eigenvalue weighted by atomic mass is 10.1. The summed E-state index contributed by atoms with van der Waals surface area (Å²) in [4.78, 5) is 18.6. The SMILES string of the molecule is c1ccc(N(c2ccccc2)c2ccc3c4ccccc4n(-c4ccc5nc(N(c6ccccc6)c6ccc7c8ccccc8n(-c8ccccc8)c7c6)nc(-n6c7ccccc7c7ccc(N(c8ccccc8)c8ccccc8)cc76)c5c4)c3c2)cc1. The summed E-state index contributed by atoms with van der Waals surface area (Å²) >= 11 is 0. The van der Waals surface area contributed by atoms with E-state index in [-0.39, 0.29) is 0 Å². The summed E-state index contributed by atoms with van der Waals surface area (Å²) < 4.78 is 7.16. The fourth-order valence-electron chi connectivity index (χ4n) is 13.3. The topological polar surface area (TPSA) is 50.3 Å². The molecule has 414 valence electrons. The zero-order valence-electron chi connectivity index (χ0n) is 47.8. The van der Waals surface area contributed by atoms with Crippen molar-refractivity contribution in [1.82, 2.24) is 23.7 Å². The minimum Gasteiger partial charge on any atom is -0.310 e. The first-order chi connectivity index (χ1) is 43.7. The van der Waals surface area contributed by atoms with E-state index < -0.39 is 0 Å². The Labute approximate surface area is 508 Å². The number of anilines is 9. The van der Waals surface area contributed by atoms with E-state index in [0.717, 1.165) is 128 Å². The molecule has 8 heteroatoms. The second-order valence-electron chi connectivity index (χ2n) is 22.2. The molecule has 0 unspecified atom stereocenters. The van der Waals surface area contributed by atoms with Crippen molar-refractivity contribution in [1.29, 1.82) is 0 Å². The van der Waals surface area contributed by atoms with Gasteiger partial charge in [0.05, 0.1) is 44.3 Å². The molecule has 0 N–H and O–H groups in total. The maximum absolute atomic E-state index is 5.98. The highest BCUT2D eigenvalue weighted by Crippen LogP contribution is 2.45. The number of aromatic nitrogens is 5. The molecule has 0 fully saturated rings. The summed E-state index contributed by atoms with van der Waals surface area (Å²) in [7, 11) is 0. The van der Waals surface area contributed by atoms with Crippen molar-refractivity contribution in [2.75, 3.05) is 14.7 Å². The molecule has 0 aliphatic rings. The van der Waals surface area contributed by atoms with Gasteiger partial charge in [-0.2, -0.15) is 4.98 Å². The van der Waals surface area contributed by atoms with Crippen molar-refractivity contribution >= 4 is 128 Å². The summed E-state index contributed by atoms with van der Waals surface area (Å²) in [6.45, 7) is 0. The molecule has 0 radical (unpaired) electrons. The molecule has 0 saturated carbocycles. The molecule has 0 atom stereocenters. The van der Waals surface area contributed by atoms with Crippen LogP contribution in [0.1, 0.15) is 0 Å². The average Bonchev–Trinajstić information content (AvgIpc) is 2.35. The predicted molar refractivity (Wildman–Crippen MR) is 367 cm³/mol. The number of nitrogens with zero attached hydrogens (tertiary/aromatic N) is 8. The first-order valence-electron chi connectivity index (χ1n) is 29.8. The highest BCUT2D eigenvalue weighted by molar-refractivity contribution is 6.14. The van der Waals surface area contributed by atoms with Crippen LogP contribution >= 0.6 is 0 Å². The number of hydrogen-bond donors (Lipinski definition) is 0. The Morgan fingerprint density at radius 1 is 0.205 bits per heavy atom. The summed E-state index contributed by atoms with van der Waals surface area (Å²) in [5, 5.41) is 7.80. The van der Waals surface area contributed by atoms with Crippen LogP contribution in [-0.2, 0) is 0 Å². The predicted octanol–water partition coefficient (Wildman–Crippen LogP) is 21.3. The van der Waals surface area contributed by atoms with Crippen molar-refractivity contribution in [3.05, 3.63) is 328 Å². The molecule has 0 aliphatic heterocycles. The molecular formula is C80H54N8. The van der Waals surface area contributed by atoms with Gasteiger partial charge in [-0.15, -0.1) is 0 Å². The van der Waals surface area contributed by atoms with Gasteiger partial charge < -0.3 is 18.9 Å². The lowest BCUT2D eigenvalue weighted by Crippen LogP contribution is -2.15. The Balaban J connectivity index is 0.947. The van der Waals surface area contributed by atoms with Crippen molar-refractivity contribution in [2.45, 2.75) is 0 Å². The molecule has 0 bridgehead atoms. The van der Waals surface area contributed by atoms with E-state index in [9.17, 15) is 0 Å². The van der Waals surface area contributed by atoms with Gasteiger partial charge >= 0.3 is 0 Å².